The van der Waals surface area contributed by atoms with Crippen LogP contribution in [0.5, 0.6) is 5.88 Å². The zero-order valence-electron chi connectivity index (χ0n) is 16.1. The third-order valence-corrected chi connectivity index (χ3v) is 7.71. The molecule has 1 unspecified atom stereocenters. The maximum atomic E-state index is 13.1. The summed E-state index contributed by atoms with van der Waals surface area (Å²) in [6.45, 7) is 2.95. The minimum Gasteiger partial charge on any atom is -0.481 e. The van der Waals surface area contributed by atoms with Gasteiger partial charge < -0.3 is 9.64 Å². The number of nitrogens with zero attached hydrogens (tertiary/aromatic N) is 3. The number of allylic oxidation sites excluding steroid dienone is 3. The highest BCUT2D eigenvalue weighted by Crippen LogP contribution is 2.38. The Labute approximate surface area is 166 Å². The maximum absolute atomic E-state index is 13.1. The molecule has 8 heteroatoms. The predicted octanol–water partition coefficient (Wildman–Crippen LogP) is 3.03. The summed E-state index contributed by atoms with van der Waals surface area (Å²) in [6, 6.07) is 2.08. The number of likely N-dealkylation sites (N-methyl/N-ethyl adjacent to an activating group) is 1. The van der Waals surface area contributed by atoms with Gasteiger partial charge in [-0.25, -0.2) is 13.4 Å². The van der Waals surface area contributed by atoms with E-state index in [1.54, 1.807) is 17.6 Å². The lowest BCUT2D eigenvalue weighted by Crippen LogP contribution is -2.35. The number of rotatable bonds is 5. The van der Waals surface area contributed by atoms with Gasteiger partial charge >= 0.3 is 0 Å². The first kappa shape index (κ1) is 20.3. The molecule has 1 aromatic heterocycles. The fourth-order valence-corrected chi connectivity index (χ4v) is 5.71. The van der Waals surface area contributed by atoms with Crippen molar-refractivity contribution in [2.45, 2.75) is 31.7 Å². The number of halogens is 1. The molecule has 1 aliphatic carbocycles. The van der Waals surface area contributed by atoms with Crippen molar-refractivity contribution >= 4 is 21.6 Å². The molecule has 3 rings (SSSR count). The standard InChI is InChI=1S/C19H26ClN3O3S/c1-13-9-14(16-10-19(26-4)21-11-17(16)20)5-6-18(13)27(24,25)23-8-7-15(12-23)22(2)3/h6,9-11,14-15H,5,7-8,12H2,1-4H3/t14?,15-/m1/s1. The SMILES string of the molecule is COc1cc(C2C=C(C)C(S(=O)(=O)N3CC[C@@H](N(C)C)C3)=CC2)c(Cl)cn1. The summed E-state index contributed by atoms with van der Waals surface area (Å²) in [5.41, 5.74) is 1.65. The number of methoxy groups -OCH3 is 1. The number of aromatic nitrogens is 1. The minimum absolute atomic E-state index is 0.00134. The Balaban J connectivity index is 1.82. The molecule has 1 fully saturated rings. The van der Waals surface area contributed by atoms with Crippen molar-refractivity contribution < 1.29 is 13.2 Å². The van der Waals surface area contributed by atoms with Crippen molar-refractivity contribution in [3.05, 3.63) is 45.5 Å². The topological polar surface area (TPSA) is 62.7 Å². The van der Waals surface area contributed by atoms with E-state index in [4.69, 9.17) is 16.3 Å². The van der Waals surface area contributed by atoms with Crippen molar-refractivity contribution in [2.24, 2.45) is 0 Å². The van der Waals surface area contributed by atoms with E-state index < -0.39 is 10.0 Å². The molecular formula is C19H26ClN3O3S. The molecule has 1 saturated heterocycles. The molecule has 0 amide bonds. The van der Waals surface area contributed by atoms with Crippen LogP contribution in [0.1, 0.15) is 31.2 Å². The lowest BCUT2D eigenvalue weighted by molar-refractivity contribution is 0.302. The van der Waals surface area contributed by atoms with Gasteiger partial charge in [0.1, 0.15) is 0 Å². The molecule has 27 heavy (non-hydrogen) atoms. The molecule has 0 spiro atoms. The largest absolute Gasteiger partial charge is 0.481 e. The van der Waals surface area contributed by atoms with Crippen LogP contribution in [0.15, 0.2) is 34.9 Å². The summed E-state index contributed by atoms with van der Waals surface area (Å²) in [4.78, 5) is 6.60. The van der Waals surface area contributed by atoms with Crippen LogP contribution >= 0.6 is 11.6 Å². The van der Waals surface area contributed by atoms with Crippen molar-refractivity contribution in [2.75, 3.05) is 34.3 Å². The van der Waals surface area contributed by atoms with Gasteiger partial charge in [0.05, 0.1) is 17.0 Å². The summed E-state index contributed by atoms with van der Waals surface area (Å²) < 4.78 is 33.0. The number of hydrogen-bond acceptors (Lipinski definition) is 5. The highest BCUT2D eigenvalue weighted by Gasteiger charge is 2.36. The average molecular weight is 412 g/mol. The third kappa shape index (κ3) is 4.06. The molecule has 148 valence electrons. The van der Waals surface area contributed by atoms with Gasteiger partial charge in [0.25, 0.3) is 0 Å². The van der Waals surface area contributed by atoms with Crippen LogP contribution in [0, 0.1) is 0 Å². The highest BCUT2D eigenvalue weighted by atomic mass is 35.5. The van der Waals surface area contributed by atoms with Crippen LogP contribution in [0.25, 0.3) is 0 Å². The zero-order valence-corrected chi connectivity index (χ0v) is 17.7. The summed E-state index contributed by atoms with van der Waals surface area (Å²) in [6.07, 6.45) is 6.80. The van der Waals surface area contributed by atoms with E-state index in [2.05, 4.69) is 9.88 Å². The predicted molar refractivity (Wildman–Crippen MR) is 108 cm³/mol. The first-order chi connectivity index (χ1) is 12.7. The second kappa shape index (κ2) is 7.91. The monoisotopic (exact) mass is 411 g/mol. The Bertz CT molecular complexity index is 880. The molecule has 2 heterocycles. The van der Waals surface area contributed by atoms with Crippen LogP contribution in [-0.4, -0.2) is 62.9 Å². The first-order valence-corrected chi connectivity index (χ1v) is 10.8. The van der Waals surface area contributed by atoms with Crippen LogP contribution in [0.3, 0.4) is 0 Å². The van der Waals surface area contributed by atoms with E-state index in [1.807, 2.05) is 39.2 Å². The average Bonchev–Trinajstić information content (AvgIpc) is 3.13. The zero-order chi connectivity index (χ0) is 19.8. The van der Waals surface area contributed by atoms with Gasteiger partial charge in [-0.2, -0.15) is 4.31 Å². The van der Waals surface area contributed by atoms with Crippen molar-refractivity contribution in [3.63, 3.8) is 0 Å². The van der Waals surface area contributed by atoms with Crippen LogP contribution in [-0.2, 0) is 10.0 Å². The van der Waals surface area contributed by atoms with E-state index in [-0.39, 0.29) is 12.0 Å². The maximum Gasteiger partial charge on any atom is 0.243 e. The second-order valence-corrected chi connectivity index (χ2v) is 9.59. The molecule has 2 aliphatic rings. The second-order valence-electron chi connectivity index (χ2n) is 7.28. The quantitative estimate of drug-likeness (QED) is 0.745. The molecule has 1 aromatic rings. The van der Waals surface area contributed by atoms with Gasteiger partial charge in [-0.1, -0.05) is 23.8 Å². The van der Waals surface area contributed by atoms with Crippen LogP contribution in [0.2, 0.25) is 5.02 Å². The van der Waals surface area contributed by atoms with Gasteiger partial charge in [-0.15, -0.1) is 0 Å². The molecule has 0 radical (unpaired) electrons. The molecule has 2 atom stereocenters. The van der Waals surface area contributed by atoms with E-state index >= 15 is 0 Å². The van der Waals surface area contributed by atoms with E-state index in [0.29, 0.717) is 35.3 Å². The van der Waals surface area contributed by atoms with E-state index in [1.165, 1.54) is 0 Å². The lowest BCUT2D eigenvalue weighted by Gasteiger charge is -2.25. The minimum atomic E-state index is -3.48. The fourth-order valence-electron chi connectivity index (χ4n) is 3.69. The Kier molecular flexibility index (Phi) is 5.96. The summed E-state index contributed by atoms with van der Waals surface area (Å²) in [5, 5.41) is 0.554. The Hall–Kier alpha value is -1.41. The fraction of sp³-hybridized carbons (Fsp3) is 0.526. The number of hydrogen-bond donors (Lipinski definition) is 0. The number of ether oxygens (including phenoxy) is 1. The normalized spacial score (nSPS) is 24.1. The molecule has 6 nitrogen and oxygen atoms in total. The van der Waals surface area contributed by atoms with Crippen LogP contribution in [0.4, 0.5) is 0 Å². The number of sulfonamides is 1. The smallest absolute Gasteiger partial charge is 0.243 e. The van der Waals surface area contributed by atoms with Gasteiger partial charge in [0.15, 0.2) is 0 Å². The summed E-state index contributed by atoms with van der Waals surface area (Å²) in [7, 11) is 2.06. The Morgan fingerprint density at radius 1 is 1.37 bits per heavy atom. The van der Waals surface area contributed by atoms with Gasteiger partial charge in [0, 0.05) is 37.3 Å². The molecule has 1 aliphatic heterocycles. The van der Waals surface area contributed by atoms with Crippen molar-refractivity contribution in [1.82, 2.24) is 14.2 Å². The summed E-state index contributed by atoms with van der Waals surface area (Å²) in [5.74, 6) is 0.496. The number of pyridine rings is 1. The molecule has 0 bridgehead atoms. The van der Waals surface area contributed by atoms with Crippen LogP contribution < -0.4 is 4.74 Å². The van der Waals surface area contributed by atoms with Gasteiger partial charge in [-0.05, 0) is 45.0 Å². The highest BCUT2D eigenvalue weighted by molar-refractivity contribution is 7.93. The lowest BCUT2D eigenvalue weighted by atomic mass is 9.90. The molecular weight excluding hydrogens is 386 g/mol. The molecule has 0 aromatic carbocycles. The Morgan fingerprint density at radius 3 is 2.70 bits per heavy atom. The summed E-state index contributed by atoms with van der Waals surface area (Å²) >= 11 is 6.31. The van der Waals surface area contributed by atoms with Crippen molar-refractivity contribution in [3.8, 4) is 5.88 Å². The first-order valence-electron chi connectivity index (χ1n) is 8.99. The molecule has 0 N–H and O–H groups in total. The van der Waals surface area contributed by atoms with Gasteiger partial charge in [0.2, 0.25) is 15.9 Å². The van der Waals surface area contributed by atoms with Gasteiger partial charge in [-0.3, -0.25) is 0 Å². The molecule has 0 saturated carbocycles. The Morgan fingerprint density at radius 2 is 2.11 bits per heavy atom. The van der Waals surface area contributed by atoms with Crippen molar-refractivity contribution in [1.29, 1.82) is 0 Å². The third-order valence-electron chi connectivity index (χ3n) is 5.34. The van der Waals surface area contributed by atoms with E-state index in [0.717, 1.165) is 17.6 Å². The van der Waals surface area contributed by atoms with E-state index in [9.17, 15) is 8.42 Å².